The molecule has 0 saturated heterocycles. The Balaban J connectivity index is 2.29. The highest BCUT2D eigenvalue weighted by atomic mass is 16.4. The average Bonchev–Trinajstić information content (AvgIpc) is 2.46. The summed E-state index contributed by atoms with van der Waals surface area (Å²) in [6, 6.07) is 11.4. The van der Waals surface area contributed by atoms with E-state index in [0.717, 1.165) is 5.56 Å². The predicted molar refractivity (Wildman–Crippen MR) is 75.8 cm³/mol. The van der Waals surface area contributed by atoms with Crippen molar-refractivity contribution >= 4 is 23.4 Å². The predicted octanol–water partition coefficient (Wildman–Crippen LogP) is 4.15. The van der Waals surface area contributed by atoms with E-state index < -0.39 is 11.7 Å². The summed E-state index contributed by atoms with van der Waals surface area (Å²) in [7, 11) is 0. The van der Waals surface area contributed by atoms with Crippen molar-refractivity contribution in [2.45, 2.75) is 0 Å². The van der Waals surface area contributed by atoms with E-state index in [-0.39, 0.29) is 11.3 Å². The molecule has 0 aromatic heterocycles. The van der Waals surface area contributed by atoms with Crippen molar-refractivity contribution in [3.8, 4) is 5.75 Å². The molecule has 0 saturated carbocycles. The molecule has 0 spiro atoms. The number of nitrogens with zero attached hydrogens (tertiary/aromatic N) is 2. The van der Waals surface area contributed by atoms with Crippen molar-refractivity contribution in [2.75, 3.05) is 0 Å². The zero-order chi connectivity index (χ0) is 14.5. The van der Waals surface area contributed by atoms with Crippen LogP contribution in [0.25, 0.3) is 6.08 Å². The summed E-state index contributed by atoms with van der Waals surface area (Å²) in [6.07, 6.45) is 1.71. The van der Waals surface area contributed by atoms with Gasteiger partial charge < -0.3 is 10.2 Å². The Morgan fingerprint density at radius 3 is 2.40 bits per heavy atom. The SMILES string of the molecule is C=Cc1ccc(N=Nc2cccc(C(=O)O)c2O)cc1. The topological polar surface area (TPSA) is 82.2 Å². The molecular formula is C15H12N2O3. The third-order valence-corrected chi connectivity index (χ3v) is 2.65. The number of carbonyl (C=O) groups is 1. The molecule has 0 bridgehead atoms. The van der Waals surface area contributed by atoms with Gasteiger partial charge in [0.05, 0.1) is 5.69 Å². The van der Waals surface area contributed by atoms with E-state index in [1.54, 1.807) is 18.2 Å². The lowest BCUT2D eigenvalue weighted by Gasteiger charge is -2.01. The number of benzene rings is 2. The van der Waals surface area contributed by atoms with Gasteiger partial charge in [0.2, 0.25) is 0 Å². The number of hydrogen-bond donors (Lipinski definition) is 2. The number of phenols is 1. The van der Waals surface area contributed by atoms with Crippen molar-refractivity contribution < 1.29 is 15.0 Å². The zero-order valence-electron chi connectivity index (χ0n) is 10.5. The highest BCUT2D eigenvalue weighted by molar-refractivity contribution is 5.92. The molecule has 100 valence electrons. The number of aromatic carboxylic acids is 1. The molecule has 20 heavy (non-hydrogen) atoms. The fourth-order valence-corrected chi connectivity index (χ4v) is 1.57. The molecule has 5 heteroatoms. The number of para-hydroxylation sites is 1. The minimum absolute atomic E-state index is 0.109. The van der Waals surface area contributed by atoms with Crippen molar-refractivity contribution in [2.24, 2.45) is 10.2 Å². The minimum Gasteiger partial charge on any atom is -0.505 e. The second-order valence-corrected chi connectivity index (χ2v) is 3.97. The van der Waals surface area contributed by atoms with Crippen molar-refractivity contribution in [1.29, 1.82) is 0 Å². The van der Waals surface area contributed by atoms with Gasteiger partial charge in [0.1, 0.15) is 11.3 Å². The first kappa shape index (κ1) is 13.5. The van der Waals surface area contributed by atoms with Crippen LogP contribution in [0.2, 0.25) is 0 Å². The van der Waals surface area contributed by atoms with Gasteiger partial charge in [0, 0.05) is 0 Å². The molecule has 2 aromatic rings. The first-order valence-corrected chi connectivity index (χ1v) is 5.81. The standard InChI is InChI=1S/C15H12N2O3/c1-2-10-6-8-11(9-7-10)16-17-13-5-3-4-12(14(13)18)15(19)20/h2-9,18H,1H2,(H,19,20). The fourth-order valence-electron chi connectivity index (χ4n) is 1.57. The number of aromatic hydroxyl groups is 1. The van der Waals surface area contributed by atoms with Crippen LogP contribution >= 0.6 is 0 Å². The first-order chi connectivity index (χ1) is 9.61. The van der Waals surface area contributed by atoms with Gasteiger partial charge in [-0.25, -0.2) is 4.79 Å². The maximum absolute atomic E-state index is 10.9. The summed E-state index contributed by atoms with van der Waals surface area (Å²) in [5, 5.41) is 26.5. The van der Waals surface area contributed by atoms with E-state index >= 15 is 0 Å². The summed E-state index contributed by atoms with van der Waals surface area (Å²) in [4.78, 5) is 10.9. The molecule has 5 nitrogen and oxygen atoms in total. The second kappa shape index (κ2) is 5.79. The zero-order valence-corrected chi connectivity index (χ0v) is 10.5. The molecule has 0 aliphatic heterocycles. The normalized spacial score (nSPS) is 10.6. The molecule has 0 aliphatic carbocycles. The van der Waals surface area contributed by atoms with Crippen LogP contribution < -0.4 is 0 Å². The molecule has 0 radical (unpaired) electrons. The van der Waals surface area contributed by atoms with Crippen molar-refractivity contribution in [3.05, 3.63) is 60.2 Å². The maximum Gasteiger partial charge on any atom is 0.339 e. The van der Waals surface area contributed by atoms with E-state index in [1.165, 1.54) is 18.2 Å². The molecule has 0 heterocycles. The Morgan fingerprint density at radius 2 is 1.80 bits per heavy atom. The van der Waals surface area contributed by atoms with E-state index in [0.29, 0.717) is 5.69 Å². The molecule has 0 aliphatic rings. The summed E-state index contributed by atoms with van der Waals surface area (Å²) < 4.78 is 0. The molecule has 2 rings (SSSR count). The highest BCUT2D eigenvalue weighted by Gasteiger charge is 2.12. The maximum atomic E-state index is 10.9. The second-order valence-electron chi connectivity index (χ2n) is 3.97. The van der Waals surface area contributed by atoms with E-state index in [2.05, 4.69) is 16.8 Å². The summed E-state index contributed by atoms with van der Waals surface area (Å²) in [6.45, 7) is 3.65. The van der Waals surface area contributed by atoms with Crippen LogP contribution in [0.1, 0.15) is 15.9 Å². The number of carboxylic acids is 1. The van der Waals surface area contributed by atoms with E-state index in [1.807, 2.05) is 12.1 Å². The van der Waals surface area contributed by atoms with Crippen LogP contribution in [0.15, 0.2) is 59.3 Å². The molecule has 0 unspecified atom stereocenters. The van der Waals surface area contributed by atoms with Crippen LogP contribution in [0.4, 0.5) is 11.4 Å². The van der Waals surface area contributed by atoms with Gasteiger partial charge >= 0.3 is 5.97 Å². The van der Waals surface area contributed by atoms with Crippen LogP contribution in [0, 0.1) is 0 Å². The molecule has 0 amide bonds. The largest absolute Gasteiger partial charge is 0.505 e. The van der Waals surface area contributed by atoms with Gasteiger partial charge in [0.15, 0.2) is 5.75 Å². The van der Waals surface area contributed by atoms with Gasteiger partial charge in [-0.15, -0.1) is 5.11 Å². The summed E-state index contributed by atoms with van der Waals surface area (Å²) in [5.74, 6) is -1.61. The average molecular weight is 268 g/mol. The first-order valence-electron chi connectivity index (χ1n) is 5.81. The third-order valence-electron chi connectivity index (χ3n) is 2.65. The van der Waals surface area contributed by atoms with Crippen molar-refractivity contribution in [1.82, 2.24) is 0 Å². The molecule has 2 aromatic carbocycles. The van der Waals surface area contributed by atoms with Gasteiger partial charge in [-0.05, 0) is 29.8 Å². The van der Waals surface area contributed by atoms with Crippen molar-refractivity contribution in [3.63, 3.8) is 0 Å². The van der Waals surface area contributed by atoms with E-state index in [9.17, 15) is 9.90 Å². The smallest absolute Gasteiger partial charge is 0.339 e. The fraction of sp³-hybridized carbons (Fsp3) is 0. The molecular weight excluding hydrogens is 256 g/mol. The molecule has 0 atom stereocenters. The lowest BCUT2D eigenvalue weighted by molar-refractivity contribution is 0.0694. The number of rotatable bonds is 4. The lowest BCUT2D eigenvalue weighted by Crippen LogP contribution is -1.95. The van der Waals surface area contributed by atoms with Crippen LogP contribution in [-0.4, -0.2) is 16.2 Å². The van der Waals surface area contributed by atoms with Crippen LogP contribution in [0.5, 0.6) is 5.75 Å². The monoisotopic (exact) mass is 268 g/mol. The van der Waals surface area contributed by atoms with Crippen LogP contribution in [-0.2, 0) is 0 Å². The summed E-state index contributed by atoms with van der Waals surface area (Å²) >= 11 is 0. The Kier molecular flexibility index (Phi) is 3.91. The number of carboxylic acid groups (broad SMARTS) is 1. The van der Waals surface area contributed by atoms with Crippen LogP contribution in [0.3, 0.4) is 0 Å². The highest BCUT2D eigenvalue weighted by Crippen LogP contribution is 2.31. The Hall–Kier alpha value is -2.95. The number of hydrogen-bond acceptors (Lipinski definition) is 4. The Morgan fingerprint density at radius 1 is 1.10 bits per heavy atom. The van der Waals surface area contributed by atoms with Gasteiger partial charge in [-0.3, -0.25) is 0 Å². The Bertz CT molecular complexity index is 676. The number of azo groups is 1. The minimum atomic E-state index is -1.21. The van der Waals surface area contributed by atoms with E-state index in [4.69, 9.17) is 5.11 Å². The Labute approximate surface area is 115 Å². The summed E-state index contributed by atoms with van der Waals surface area (Å²) in [5.41, 5.74) is 1.46. The lowest BCUT2D eigenvalue weighted by atomic mass is 10.2. The van der Waals surface area contributed by atoms with Gasteiger partial charge in [0.25, 0.3) is 0 Å². The molecule has 2 N–H and O–H groups in total. The quantitative estimate of drug-likeness (QED) is 0.817. The third kappa shape index (κ3) is 2.89. The van der Waals surface area contributed by atoms with Gasteiger partial charge in [-0.1, -0.05) is 30.9 Å². The molecule has 0 fully saturated rings. The van der Waals surface area contributed by atoms with Gasteiger partial charge in [-0.2, -0.15) is 5.11 Å².